The SMILES string of the molecule is CC1(C)OB(B2OC(C)(C)C(C)(C)O2)OC1(C)C.CCc1cnc(-c2ccn(C)n2)s1.CCc1cnc(-c2ccn(C)n2)s1.CCc1cnc(Cl)s1.ClCCl.Cn1ccc(B2OC(C)(C)C(C)(C)O2)n1.Cn1ccc(Br)n1. The van der Waals surface area contributed by atoms with E-state index in [2.05, 4.69) is 72.0 Å². The second kappa shape index (κ2) is 28.6. The van der Waals surface area contributed by atoms with Gasteiger partial charge in [-0.25, -0.2) is 15.0 Å². The monoisotopic (exact) mass is 1240 g/mol. The van der Waals surface area contributed by atoms with Crippen LogP contribution < -0.4 is 5.59 Å². The second-order valence-electron chi connectivity index (χ2n) is 20.8. The maximum Gasteiger partial charge on any atom is 0.516 e. The molecule has 0 aliphatic carbocycles. The summed E-state index contributed by atoms with van der Waals surface area (Å²) in [7, 11) is 6.29. The fraction of sp³-hybridized carbons (Fsp3) is 0.580. The van der Waals surface area contributed by atoms with Crippen molar-refractivity contribution in [2.75, 3.05) is 5.34 Å². The van der Waals surface area contributed by atoms with Crippen LogP contribution in [0.15, 0.2) is 72.2 Å². The van der Waals surface area contributed by atoms with E-state index in [1.54, 1.807) is 52.7 Å². The van der Waals surface area contributed by atoms with Gasteiger partial charge in [0.2, 0.25) is 0 Å². The summed E-state index contributed by atoms with van der Waals surface area (Å²) < 4.78 is 44.2. The zero-order valence-corrected chi connectivity index (χ0v) is 54.3. The first-order valence-corrected chi connectivity index (χ1v) is 29.8. The number of nitrogens with zero attached hydrogens (tertiary/aromatic N) is 11. The molecular formula is C50H76B3BrCl3N11O6S3. The number of thiazole rings is 3. The molecule has 10 rings (SSSR count). The average Bonchev–Trinajstić information content (AvgIpc) is 4.20. The van der Waals surface area contributed by atoms with Gasteiger partial charge in [0.15, 0.2) is 4.47 Å². The maximum atomic E-state index is 5.96. The van der Waals surface area contributed by atoms with E-state index < -0.39 is 14.0 Å². The first-order valence-electron chi connectivity index (χ1n) is 25.1. The molecule has 0 radical (unpaired) electrons. The summed E-state index contributed by atoms with van der Waals surface area (Å²) in [6.45, 7) is 30.7. The Labute approximate surface area is 493 Å². The predicted molar refractivity (Wildman–Crippen MR) is 322 cm³/mol. The molecule has 7 aromatic heterocycles. The van der Waals surface area contributed by atoms with Crippen LogP contribution >= 0.6 is 84.7 Å². The molecule has 422 valence electrons. The number of aryl methyl sites for hydroxylation is 7. The van der Waals surface area contributed by atoms with E-state index in [1.807, 2.05) is 179 Å². The van der Waals surface area contributed by atoms with Crippen LogP contribution in [0.25, 0.3) is 21.4 Å². The van der Waals surface area contributed by atoms with Crippen LogP contribution in [0.1, 0.15) is 118 Å². The molecule has 17 nitrogen and oxygen atoms in total. The van der Waals surface area contributed by atoms with Crippen molar-refractivity contribution >= 4 is 111 Å². The molecule has 77 heavy (non-hydrogen) atoms. The van der Waals surface area contributed by atoms with Crippen molar-refractivity contribution in [1.82, 2.24) is 54.1 Å². The number of aromatic nitrogens is 11. The van der Waals surface area contributed by atoms with Crippen molar-refractivity contribution in [3.63, 3.8) is 0 Å². The standard InChI is InChI=1S/C12H24B2O4.C10H17BN2O2.2C9H11N3S.C5H6ClNS.C4H5BrN2.CH2Cl2/c1-9(2)10(3,4)16-13(15-9)14-17-11(5,6)12(7,8)18-14;1-9(2)10(3,4)15-11(14-9)8-6-7-13(5)12-8;2*1-3-7-6-10-9(13-7)8-4-5-12(2)11-8;1-2-4-3-7-5(6)8-4;1-7-3-2-4(5)6-7;2-1-3/h1-8H3;6-7H,1-5H3;2*4-6H,3H2,1-2H3;3H,2H2,1H3;2-3H,1H3;1H2. The van der Waals surface area contributed by atoms with Crippen molar-refractivity contribution in [2.45, 2.75) is 157 Å². The van der Waals surface area contributed by atoms with Gasteiger partial charge < -0.3 is 27.9 Å². The zero-order valence-electron chi connectivity index (χ0n) is 48.0. The van der Waals surface area contributed by atoms with Gasteiger partial charge in [-0.2, -0.15) is 20.4 Å². The van der Waals surface area contributed by atoms with Gasteiger partial charge in [0.25, 0.3) is 0 Å². The van der Waals surface area contributed by atoms with Crippen molar-refractivity contribution in [2.24, 2.45) is 28.2 Å². The molecule has 0 N–H and O–H groups in total. The van der Waals surface area contributed by atoms with Crippen LogP contribution in [0.4, 0.5) is 0 Å². The topological polar surface area (TPSA) is 165 Å². The molecule has 3 aliphatic rings. The fourth-order valence-corrected chi connectivity index (χ4v) is 9.51. The van der Waals surface area contributed by atoms with Gasteiger partial charge in [0.05, 0.1) is 44.5 Å². The van der Waals surface area contributed by atoms with E-state index in [0.29, 0.717) is 4.47 Å². The van der Waals surface area contributed by atoms with E-state index >= 15 is 0 Å². The summed E-state index contributed by atoms with van der Waals surface area (Å²) in [5.41, 5.74) is 0.727. The zero-order chi connectivity index (χ0) is 57.7. The lowest BCUT2D eigenvalue weighted by Crippen LogP contribution is -2.41. The van der Waals surface area contributed by atoms with Gasteiger partial charge in [0.1, 0.15) is 26.0 Å². The van der Waals surface area contributed by atoms with E-state index in [9.17, 15) is 0 Å². The number of alkyl halides is 2. The third-order valence-corrected chi connectivity index (χ3v) is 17.2. The van der Waals surface area contributed by atoms with Crippen LogP contribution in [0.5, 0.6) is 0 Å². The Morgan fingerprint density at radius 3 is 1.05 bits per heavy atom. The predicted octanol–water partition coefficient (Wildman–Crippen LogP) is 12.1. The summed E-state index contributed by atoms with van der Waals surface area (Å²) in [5, 5.41) is 19.0. The smallest absolute Gasteiger partial charge is 0.405 e. The maximum absolute atomic E-state index is 5.96. The number of hydrogen-bond acceptors (Lipinski definition) is 16. The molecule has 3 fully saturated rings. The Morgan fingerprint density at radius 2 is 0.805 bits per heavy atom. The highest BCUT2D eigenvalue weighted by atomic mass is 79.9. The van der Waals surface area contributed by atoms with Gasteiger partial charge in [0, 0.05) is 86.2 Å². The Morgan fingerprint density at radius 1 is 0.481 bits per heavy atom. The molecule has 3 saturated heterocycles. The fourth-order valence-electron chi connectivity index (χ4n) is 6.59. The molecule has 3 aliphatic heterocycles. The minimum Gasteiger partial charge on any atom is -0.405 e. The van der Waals surface area contributed by atoms with Gasteiger partial charge in [-0.15, -0.1) is 57.2 Å². The Bertz CT molecular complexity index is 2690. The molecule has 7 aromatic rings. The number of halogens is 4. The Kier molecular flexibility index (Phi) is 24.8. The lowest BCUT2D eigenvalue weighted by Gasteiger charge is -2.32. The van der Waals surface area contributed by atoms with Crippen LogP contribution in [0, 0.1) is 0 Å². The van der Waals surface area contributed by atoms with Gasteiger partial charge >= 0.3 is 21.1 Å². The molecule has 0 aromatic carbocycles. The van der Waals surface area contributed by atoms with Crippen molar-refractivity contribution in [1.29, 1.82) is 0 Å². The summed E-state index contributed by atoms with van der Waals surface area (Å²) in [5.74, 6) is 0. The quantitative estimate of drug-likeness (QED) is 0.109. The normalized spacial score (nSPS) is 17.7. The van der Waals surface area contributed by atoms with Crippen LogP contribution in [0.2, 0.25) is 4.47 Å². The minimum absolute atomic E-state index is 0.194. The second-order valence-corrected chi connectivity index (χ2v) is 26.4. The highest BCUT2D eigenvalue weighted by Crippen LogP contribution is 2.43. The summed E-state index contributed by atoms with van der Waals surface area (Å²) in [6, 6.07) is 7.78. The highest BCUT2D eigenvalue weighted by Gasteiger charge is 2.63. The molecule has 0 unspecified atom stereocenters. The van der Waals surface area contributed by atoms with Crippen molar-refractivity contribution < 1.29 is 27.9 Å². The summed E-state index contributed by atoms with van der Waals surface area (Å²) >= 11 is 23.2. The minimum atomic E-state index is -0.476. The van der Waals surface area contributed by atoms with E-state index in [1.165, 1.54) is 14.6 Å². The molecule has 0 bridgehead atoms. The van der Waals surface area contributed by atoms with Crippen LogP contribution in [0.3, 0.4) is 0 Å². The van der Waals surface area contributed by atoms with Gasteiger partial charge in [-0.3, -0.25) is 18.7 Å². The number of hydrogen-bond donors (Lipinski definition) is 0. The summed E-state index contributed by atoms with van der Waals surface area (Å²) in [6.07, 6.45) is 16.4. The molecule has 0 saturated carbocycles. The molecule has 0 spiro atoms. The first-order chi connectivity index (χ1) is 35.8. The van der Waals surface area contributed by atoms with Crippen molar-refractivity contribution in [3.05, 3.63) is 91.3 Å². The molecule has 10 heterocycles. The van der Waals surface area contributed by atoms with Gasteiger partial charge in [-0.1, -0.05) is 32.4 Å². The third kappa shape index (κ3) is 19.1. The summed E-state index contributed by atoms with van der Waals surface area (Å²) in [4.78, 5) is 16.4. The largest absolute Gasteiger partial charge is 0.516 e. The lowest BCUT2D eigenvalue weighted by atomic mass is 9.49. The Hall–Kier alpha value is -2.97. The average molecular weight is 1240 g/mol. The van der Waals surface area contributed by atoms with Crippen LogP contribution in [-0.4, -0.2) is 114 Å². The third-order valence-electron chi connectivity index (χ3n) is 13.2. The van der Waals surface area contributed by atoms with Crippen molar-refractivity contribution in [3.8, 4) is 21.4 Å². The van der Waals surface area contributed by atoms with Gasteiger partial charge in [-0.05, 0) is 143 Å². The molecule has 27 heteroatoms. The molecule has 0 amide bonds. The molecular weight excluding hydrogens is 1170 g/mol. The van der Waals surface area contributed by atoms with Crippen LogP contribution in [-0.2, 0) is 75.4 Å². The van der Waals surface area contributed by atoms with E-state index in [0.717, 1.165) is 50.9 Å². The van der Waals surface area contributed by atoms with E-state index in [-0.39, 0.29) is 46.1 Å². The molecule has 0 atom stereocenters. The number of rotatable bonds is 7. The lowest BCUT2D eigenvalue weighted by molar-refractivity contribution is 0.00578. The first kappa shape index (κ1) is 66.5. The Balaban J connectivity index is 0.000000202. The van der Waals surface area contributed by atoms with E-state index in [4.69, 9.17) is 62.7 Å². The highest BCUT2D eigenvalue weighted by molar-refractivity contribution is 9.10.